The van der Waals surface area contributed by atoms with Crippen LogP contribution in [0.25, 0.3) is 10.6 Å². The third-order valence-electron chi connectivity index (χ3n) is 8.01. The number of carbonyl (C=O) groups excluding carboxylic acids is 1. The van der Waals surface area contributed by atoms with Gasteiger partial charge in [-0.2, -0.15) is 4.98 Å². The summed E-state index contributed by atoms with van der Waals surface area (Å²) in [6.07, 6.45) is 6.07. The third-order valence-corrected chi connectivity index (χ3v) is 8.01. The second-order valence-corrected chi connectivity index (χ2v) is 11.2. The van der Waals surface area contributed by atoms with Gasteiger partial charge in [-0.15, -0.1) is 5.10 Å². The number of benzene rings is 1. The van der Waals surface area contributed by atoms with E-state index in [4.69, 9.17) is 11.3 Å². The summed E-state index contributed by atoms with van der Waals surface area (Å²) in [6, 6.07) is 4.30. The lowest BCUT2D eigenvalue weighted by Crippen LogP contribution is -2.46. The highest BCUT2D eigenvalue weighted by atomic mass is 19.1. The number of aliphatic hydroxyl groups excluding tert-OH is 1. The number of hydrogen-bond acceptors (Lipinski definition) is 6. The van der Waals surface area contributed by atoms with Crippen LogP contribution in [-0.4, -0.2) is 36.3 Å². The Kier molecular flexibility index (Phi) is 6.87. The molecule has 1 aliphatic carbocycles. The van der Waals surface area contributed by atoms with E-state index in [1.54, 1.807) is 12.3 Å². The molecule has 0 spiro atoms. The number of aliphatic hydroxyl groups is 1. The van der Waals surface area contributed by atoms with Crippen molar-refractivity contribution in [2.45, 2.75) is 83.3 Å². The number of carbonyl (C=O) groups is 1. The maximum absolute atomic E-state index is 14.9. The Labute approximate surface area is 225 Å². The molecule has 1 atom stereocenters. The van der Waals surface area contributed by atoms with E-state index in [0.717, 1.165) is 31.4 Å². The van der Waals surface area contributed by atoms with Gasteiger partial charge in [0.25, 0.3) is 11.3 Å². The molecule has 1 fully saturated rings. The van der Waals surface area contributed by atoms with Crippen molar-refractivity contribution in [2.24, 2.45) is 5.92 Å². The van der Waals surface area contributed by atoms with Crippen LogP contribution in [0, 0.1) is 31.0 Å². The van der Waals surface area contributed by atoms with Gasteiger partial charge in [0.1, 0.15) is 28.6 Å². The van der Waals surface area contributed by atoms with E-state index in [-0.39, 0.29) is 42.1 Å². The maximum atomic E-state index is 14.9. The number of cyclic esters (lactones) is 1. The van der Waals surface area contributed by atoms with Gasteiger partial charge in [0.2, 0.25) is 0 Å². The minimum atomic E-state index is -1.33. The smallest absolute Gasteiger partial charge is 0.338 e. The number of ether oxygens (including phenoxy) is 1. The lowest BCUT2D eigenvalue weighted by Gasteiger charge is -2.41. The number of aryl methyl sites for hydroxylation is 2. The first-order chi connectivity index (χ1) is 18.5. The maximum Gasteiger partial charge on any atom is 0.338 e. The van der Waals surface area contributed by atoms with E-state index < -0.39 is 28.7 Å². The Bertz CT molecular complexity index is 1490. The first-order valence-electron chi connectivity index (χ1n) is 13.2. The minimum Gasteiger partial charge on any atom is -0.512 e. The normalized spacial score (nSPS) is 20.5. The minimum absolute atomic E-state index is 0.00252. The summed E-state index contributed by atoms with van der Waals surface area (Å²) < 4.78 is 37.4. The van der Waals surface area contributed by atoms with E-state index in [9.17, 15) is 18.7 Å². The molecule has 8 nitrogen and oxygen atoms in total. The number of hydrogen-bond donors (Lipinski definition) is 1. The van der Waals surface area contributed by atoms with E-state index in [2.05, 4.69) is 19.9 Å². The molecule has 1 N–H and O–H groups in total. The molecular weight excluding hydrogens is 504 g/mol. The van der Waals surface area contributed by atoms with Crippen LogP contribution in [0.1, 0.15) is 75.0 Å². The molecule has 3 heterocycles. The van der Waals surface area contributed by atoms with Gasteiger partial charge in [-0.05, 0) is 62.3 Å². The first kappa shape index (κ1) is 26.7. The molecule has 0 bridgehead atoms. The quantitative estimate of drug-likeness (QED) is 0.307. The van der Waals surface area contributed by atoms with Crippen molar-refractivity contribution in [1.82, 2.24) is 19.6 Å². The van der Waals surface area contributed by atoms with Gasteiger partial charge in [0.15, 0.2) is 5.82 Å². The Morgan fingerprint density at radius 3 is 2.56 bits per heavy atom. The summed E-state index contributed by atoms with van der Waals surface area (Å²) in [5.74, 6) is -1.45. The monoisotopic (exact) mass is 535 g/mol. The predicted octanol–water partition coefficient (Wildman–Crippen LogP) is 5.73. The number of nitrogens with zero attached hydrogens (tertiary/aromatic N) is 5. The number of aromatic nitrogens is 4. The Balaban J connectivity index is 1.40. The highest BCUT2D eigenvalue weighted by Gasteiger charge is 2.48. The molecule has 2 aromatic heterocycles. The van der Waals surface area contributed by atoms with Crippen LogP contribution in [0.5, 0.6) is 0 Å². The molecule has 0 amide bonds. The average molecular weight is 536 g/mol. The topological polar surface area (TPSA) is 94.0 Å². The Morgan fingerprint density at radius 1 is 1.23 bits per heavy atom. The molecule has 2 aliphatic rings. The second kappa shape index (κ2) is 10.0. The number of rotatable bonds is 7. The predicted molar refractivity (Wildman–Crippen MR) is 139 cm³/mol. The molecule has 3 aromatic rings. The molecule has 204 valence electrons. The fourth-order valence-corrected chi connectivity index (χ4v) is 5.89. The molecule has 39 heavy (non-hydrogen) atoms. The van der Waals surface area contributed by atoms with Crippen LogP contribution in [0.15, 0.2) is 35.7 Å². The molecule has 1 unspecified atom stereocenters. The Morgan fingerprint density at radius 2 is 1.92 bits per heavy atom. The van der Waals surface area contributed by atoms with Gasteiger partial charge in [-0.3, -0.25) is 0 Å². The summed E-state index contributed by atoms with van der Waals surface area (Å²) in [7, 11) is 0. The van der Waals surface area contributed by atoms with E-state index in [1.165, 1.54) is 30.5 Å². The number of fused-ring (bicyclic) bond motifs is 1. The third kappa shape index (κ3) is 5.10. The molecule has 10 heteroatoms. The highest BCUT2D eigenvalue weighted by molar-refractivity contribution is 5.90. The average Bonchev–Trinajstić information content (AvgIpc) is 3.55. The fraction of sp³-hybridized carbons (Fsp3) is 0.483. The SMILES string of the molecule is [C-]#[N+]C(C)(C)c1c(F)cc(CCC2(C3CCCC3)CC(O)=C(Cc3nc4nc(C)ccn4n3)C(=O)O2)cc1F. The molecule has 0 saturated heterocycles. The van der Waals surface area contributed by atoms with Gasteiger partial charge in [-0.1, -0.05) is 12.8 Å². The zero-order valence-electron chi connectivity index (χ0n) is 22.3. The molecular formula is C29H31F2N5O3. The molecule has 1 aromatic carbocycles. The summed E-state index contributed by atoms with van der Waals surface area (Å²) in [4.78, 5) is 25.3. The molecule has 1 saturated carbocycles. The van der Waals surface area contributed by atoms with Crippen molar-refractivity contribution in [2.75, 3.05) is 0 Å². The van der Waals surface area contributed by atoms with Crippen molar-refractivity contribution in [3.05, 3.63) is 81.4 Å². The number of halogens is 2. The Hall–Kier alpha value is -3.87. The van der Waals surface area contributed by atoms with Crippen LogP contribution in [0.2, 0.25) is 0 Å². The van der Waals surface area contributed by atoms with Crippen molar-refractivity contribution in [3.63, 3.8) is 0 Å². The molecule has 5 rings (SSSR count). The van der Waals surface area contributed by atoms with Crippen LogP contribution in [-0.2, 0) is 27.9 Å². The standard InChI is InChI=1S/C29H31F2N5O3/c1-17-10-12-36-27(33-17)34-24(35-36)15-20-23(37)16-29(39-26(20)38,19-7-5-6-8-19)11-9-18-13-21(30)25(22(31)14-18)28(2,3)32-4/h10,12-14,19,37H,5-9,11,15-16H2,1-3H3. The van der Waals surface area contributed by atoms with E-state index in [0.29, 0.717) is 23.6 Å². The van der Waals surface area contributed by atoms with Crippen LogP contribution in [0.3, 0.4) is 0 Å². The fourth-order valence-electron chi connectivity index (χ4n) is 5.89. The molecule has 1 aliphatic heterocycles. The summed E-state index contributed by atoms with van der Waals surface area (Å²) in [5.41, 5.74) is -1.26. The van der Waals surface area contributed by atoms with Crippen LogP contribution in [0.4, 0.5) is 8.78 Å². The van der Waals surface area contributed by atoms with Gasteiger partial charge in [0, 0.05) is 38.6 Å². The van der Waals surface area contributed by atoms with Crippen molar-refractivity contribution in [3.8, 4) is 0 Å². The second-order valence-electron chi connectivity index (χ2n) is 11.2. The van der Waals surface area contributed by atoms with Crippen molar-refractivity contribution >= 4 is 11.7 Å². The zero-order valence-corrected chi connectivity index (χ0v) is 22.3. The van der Waals surface area contributed by atoms with Crippen molar-refractivity contribution < 1.29 is 23.4 Å². The number of esters is 1. The van der Waals surface area contributed by atoms with Gasteiger partial charge in [-0.25, -0.2) is 29.6 Å². The largest absolute Gasteiger partial charge is 0.512 e. The lowest BCUT2D eigenvalue weighted by molar-refractivity contribution is -0.167. The van der Waals surface area contributed by atoms with E-state index >= 15 is 0 Å². The highest BCUT2D eigenvalue weighted by Crippen LogP contribution is 2.46. The van der Waals surface area contributed by atoms with Crippen LogP contribution < -0.4 is 0 Å². The van der Waals surface area contributed by atoms with Crippen LogP contribution >= 0.6 is 0 Å². The first-order valence-corrected chi connectivity index (χ1v) is 13.2. The van der Waals surface area contributed by atoms with E-state index in [1.807, 2.05) is 6.92 Å². The van der Waals surface area contributed by atoms with Gasteiger partial charge < -0.3 is 14.7 Å². The van der Waals surface area contributed by atoms with Gasteiger partial charge in [0.05, 0.1) is 5.57 Å². The summed E-state index contributed by atoms with van der Waals surface area (Å²) >= 11 is 0. The zero-order chi connectivity index (χ0) is 27.9. The van der Waals surface area contributed by atoms with Gasteiger partial charge >= 0.3 is 5.97 Å². The lowest BCUT2D eigenvalue weighted by atomic mass is 9.76. The van der Waals surface area contributed by atoms with Crippen molar-refractivity contribution in [1.29, 1.82) is 0 Å². The summed E-state index contributed by atoms with van der Waals surface area (Å²) in [5, 5.41) is 15.5. The summed E-state index contributed by atoms with van der Waals surface area (Å²) in [6.45, 7) is 12.1. The molecule has 0 radical (unpaired) electrons.